The summed E-state index contributed by atoms with van der Waals surface area (Å²) >= 11 is 0. The molecule has 7 heteroatoms. The van der Waals surface area contributed by atoms with Crippen LogP contribution in [0.15, 0.2) is 0 Å². The van der Waals surface area contributed by atoms with Gasteiger partial charge in [0.1, 0.15) is 0 Å². The molecule has 1 aliphatic carbocycles. The molecule has 19 heavy (non-hydrogen) atoms. The molecule has 1 rings (SSSR count). The second kappa shape index (κ2) is 7.30. The third kappa shape index (κ3) is 5.89. The molecule has 0 radical (unpaired) electrons. The molecule has 0 aromatic carbocycles. The van der Waals surface area contributed by atoms with Gasteiger partial charge in [-0.3, -0.25) is 4.90 Å². The summed E-state index contributed by atoms with van der Waals surface area (Å²) in [5.74, 6) is -1.28. The predicted octanol–water partition coefficient (Wildman–Crippen LogP) is -0.396. The van der Waals surface area contributed by atoms with E-state index in [1.807, 2.05) is 14.0 Å². The molecule has 0 aromatic heterocycles. The molecule has 0 aliphatic heterocycles. The first-order valence-electron chi connectivity index (χ1n) is 6.56. The topological polar surface area (TPSA) is 102 Å². The number of carbonyl (C=O) groups excluding carboxylic acids is 1. The fourth-order valence-electron chi connectivity index (χ4n) is 1.73. The van der Waals surface area contributed by atoms with Gasteiger partial charge in [-0.2, -0.15) is 0 Å². The number of carbonyl (C=O) groups is 2. The Bertz CT molecular complexity index is 320. The van der Waals surface area contributed by atoms with E-state index in [2.05, 4.69) is 15.5 Å². The Hall–Kier alpha value is -1.34. The summed E-state index contributed by atoms with van der Waals surface area (Å²) < 4.78 is 0. The number of carboxylic acid groups (broad SMARTS) is 1. The van der Waals surface area contributed by atoms with Gasteiger partial charge in [0.2, 0.25) is 0 Å². The molecular formula is C12H23N3O4. The van der Waals surface area contributed by atoms with Gasteiger partial charge in [0.05, 0.1) is 0 Å². The van der Waals surface area contributed by atoms with Crippen LogP contribution in [0.4, 0.5) is 4.79 Å². The highest BCUT2D eigenvalue weighted by molar-refractivity contribution is 5.74. The zero-order chi connectivity index (χ0) is 14.4. The summed E-state index contributed by atoms with van der Waals surface area (Å²) in [5.41, 5.74) is 0. The predicted molar refractivity (Wildman–Crippen MR) is 69.9 cm³/mol. The van der Waals surface area contributed by atoms with Crippen molar-refractivity contribution in [3.05, 3.63) is 0 Å². The van der Waals surface area contributed by atoms with Gasteiger partial charge < -0.3 is 20.8 Å². The van der Waals surface area contributed by atoms with Crippen molar-refractivity contribution in [1.29, 1.82) is 0 Å². The summed E-state index contributed by atoms with van der Waals surface area (Å²) in [6.07, 6.45) is 1.01. The lowest BCUT2D eigenvalue weighted by Gasteiger charge is -2.24. The van der Waals surface area contributed by atoms with Crippen molar-refractivity contribution in [3.8, 4) is 0 Å². The first kappa shape index (κ1) is 15.7. The number of aliphatic hydroxyl groups is 1. The van der Waals surface area contributed by atoms with E-state index in [-0.39, 0.29) is 25.0 Å². The van der Waals surface area contributed by atoms with E-state index in [9.17, 15) is 9.59 Å². The molecule has 0 bridgehead atoms. The lowest BCUT2D eigenvalue weighted by atomic mass is 10.2. The third-order valence-electron chi connectivity index (χ3n) is 3.36. The van der Waals surface area contributed by atoms with Crippen molar-refractivity contribution in [1.82, 2.24) is 15.5 Å². The fourth-order valence-corrected chi connectivity index (χ4v) is 1.73. The standard InChI is InChI=1S/C12H23N3O4/c1-8(15(2)9-3-4-9)7-14-12(19)13-6-5-10(16)11(17)18/h8-10,16H,3-7H2,1-2H3,(H,17,18)(H2,13,14,19)/t8?,10-/m0/s1. The van der Waals surface area contributed by atoms with Crippen LogP contribution in [0, 0.1) is 0 Å². The normalized spacial score (nSPS) is 17.9. The molecule has 2 amide bonds. The Morgan fingerprint density at radius 1 is 1.37 bits per heavy atom. The number of nitrogens with zero attached hydrogens (tertiary/aromatic N) is 1. The molecule has 1 fully saturated rings. The van der Waals surface area contributed by atoms with Crippen LogP contribution < -0.4 is 10.6 Å². The molecule has 1 aliphatic rings. The Balaban J connectivity index is 2.08. The van der Waals surface area contributed by atoms with E-state index >= 15 is 0 Å². The van der Waals surface area contributed by atoms with Crippen LogP contribution >= 0.6 is 0 Å². The van der Waals surface area contributed by atoms with E-state index < -0.39 is 12.1 Å². The molecule has 7 nitrogen and oxygen atoms in total. The number of aliphatic carboxylic acids is 1. The first-order chi connectivity index (χ1) is 8.91. The Kier molecular flexibility index (Phi) is 6.04. The average Bonchev–Trinajstić information content (AvgIpc) is 3.18. The molecule has 1 saturated carbocycles. The summed E-state index contributed by atoms with van der Waals surface area (Å²) in [6.45, 7) is 2.72. The summed E-state index contributed by atoms with van der Waals surface area (Å²) in [5, 5.41) is 22.7. The van der Waals surface area contributed by atoms with Crippen LogP contribution in [0.2, 0.25) is 0 Å². The largest absolute Gasteiger partial charge is 0.479 e. The number of likely N-dealkylation sites (N-methyl/N-ethyl adjacent to an activating group) is 1. The number of nitrogens with one attached hydrogen (secondary N) is 2. The van der Waals surface area contributed by atoms with E-state index in [1.165, 1.54) is 12.8 Å². The molecule has 0 spiro atoms. The molecule has 4 N–H and O–H groups in total. The van der Waals surface area contributed by atoms with Gasteiger partial charge in [0.15, 0.2) is 6.10 Å². The minimum atomic E-state index is -1.43. The Morgan fingerprint density at radius 3 is 2.53 bits per heavy atom. The van der Waals surface area contributed by atoms with Gasteiger partial charge in [0.25, 0.3) is 0 Å². The molecular weight excluding hydrogens is 250 g/mol. The lowest BCUT2D eigenvalue weighted by molar-refractivity contribution is -0.146. The second-order valence-electron chi connectivity index (χ2n) is 5.03. The van der Waals surface area contributed by atoms with E-state index in [0.29, 0.717) is 12.6 Å². The van der Waals surface area contributed by atoms with Crippen LogP contribution in [0.5, 0.6) is 0 Å². The second-order valence-corrected chi connectivity index (χ2v) is 5.03. The number of hydrogen-bond donors (Lipinski definition) is 4. The maximum absolute atomic E-state index is 11.4. The highest BCUT2D eigenvalue weighted by Gasteiger charge is 2.29. The zero-order valence-electron chi connectivity index (χ0n) is 11.4. The minimum absolute atomic E-state index is 0.000282. The molecule has 0 aromatic rings. The zero-order valence-corrected chi connectivity index (χ0v) is 11.4. The van der Waals surface area contributed by atoms with Gasteiger partial charge in [-0.1, -0.05) is 0 Å². The quantitative estimate of drug-likeness (QED) is 0.482. The fraction of sp³-hybridized carbons (Fsp3) is 0.833. The molecule has 2 atom stereocenters. The SMILES string of the molecule is CC(CNC(=O)NCC[C@H](O)C(=O)O)N(C)C1CC1. The molecule has 110 valence electrons. The minimum Gasteiger partial charge on any atom is -0.479 e. The van der Waals surface area contributed by atoms with Crippen LogP contribution in [0.1, 0.15) is 26.2 Å². The van der Waals surface area contributed by atoms with Crippen LogP contribution in [-0.4, -0.2) is 65.4 Å². The van der Waals surface area contributed by atoms with Crippen molar-refractivity contribution in [2.24, 2.45) is 0 Å². The highest BCUT2D eigenvalue weighted by atomic mass is 16.4. The highest BCUT2D eigenvalue weighted by Crippen LogP contribution is 2.26. The molecule has 0 heterocycles. The Morgan fingerprint density at radius 2 is 2.00 bits per heavy atom. The average molecular weight is 273 g/mol. The van der Waals surface area contributed by atoms with E-state index in [4.69, 9.17) is 10.2 Å². The summed E-state index contributed by atoms with van der Waals surface area (Å²) in [7, 11) is 2.05. The number of amides is 2. The van der Waals surface area contributed by atoms with Crippen LogP contribution in [-0.2, 0) is 4.79 Å². The number of aliphatic hydroxyl groups excluding tert-OH is 1. The molecule has 0 saturated heterocycles. The summed E-state index contributed by atoms with van der Waals surface area (Å²) in [6, 6.07) is 0.571. The van der Waals surface area contributed by atoms with Crippen molar-refractivity contribution in [3.63, 3.8) is 0 Å². The number of rotatable bonds is 8. The van der Waals surface area contributed by atoms with Crippen LogP contribution in [0.3, 0.4) is 0 Å². The van der Waals surface area contributed by atoms with Gasteiger partial charge in [0, 0.05) is 31.6 Å². The van der Waals surface area contributed by atoms with E-state index in [0.717, 1.165) is 0 Å². The maximum atomic E-state index is 11.4. The number of hydrogen-bond acceptors (Lipinski definition) is 4. The summed E-state index contributed by atoms with van der Waals surface area (Å²) in [4.78, 5) is 24.0. The Labute approximate surface area is 113 Å². The van der Waals surface area contributed by atoms with Gasteiger partial charge in [-0.15, -0.1) is 0 Å². The number of urea groups is 1. The maximum Gasteiger partial charge on any atom is 0.332 e. The third-order valence-corrected chi connectivity index (χ3v) is 3.36. The van der Waals surface area contributed by atoms with Crippen molar-refractivity contribution in [2.45, 2.75) is 44.4 Å². The van der Waals surface area contributed by atoms with Crippen molar-refractivity contribution >= 4 is 12.0 Å². The first-order valence-corrected chi connectivity index (χ1v) is 6.56. The monoisotopic (exact) mass is 273 g/mol. The van der Waals surface area contributed by atoms with Gasteiger partial charge >= 0.3 is 12.0 Å². The van der Waals surface area contributed by atoms with Gasteiger partial charge in [-0.05, 0) is 26.8 Å². The number of carboxylic acids is 1. The van der Waals surface area contributed by atoms with Crippen LogP contribution in [0.25, 0.3) is 0 Å². The molecule has 1 unspecified atom stereocenters. The van der Waals surface area contributed by atoms with Gasteiger partial charge in [-0.25, -0.2) is 9.59 Å². The van der Waals surface area contributed by atoms with E-state index in [1.54, 1.807) is 0 Å². The smallest absolute Gasteiger partial charge is 0.332 e. The van der Waals surface area contributed by atoms with Crippen molar-refractivity contribution < 1.29 is 19.8 Å². The van der Waals surface area contributed by atoms with Crippen molar-refractivity contribution in [2.75, 3.05) is 20.1 Å². The lowest BCUT2D eigenvalue weighted by Crippen LogP contribution is -2.45.